The second-order valence-corrected chi connectivity index (χ2v) is 9.70. The Morgan fingerprint density at radius 3 is 2.73 bits per heavy atom. The molecule has 10 heteroatoms. The van der Waals surface area contributed by atoms with Gasteiger partial charge in [-0.05, 0) is 44.8 Å². The highest BCUT2D eigenvalue weighted by Gasteiger charge is 2.33. The van der Waals surface area contributed by atoms with Crippen LogP contribution in [0.5, 0.6) is 0 Å². The Morgan fingerprint density at radius 1 is 1.27 bits per heavy atom. The van der Waals surface area contributed by atoms with Gasteiger partial charge in [0.1, 0.15) is 23.7 Å². The van der Waals surface area contributed by atoms with E-state index in [-0.39, 0.29) is 10.8 Å². The van der Waals surface area contributed by atoms with Crippen molar-refractivity contribution in [2.45, 2.75) is 38.2 Å². The second kappa shape index (κ2) is 9.11. The van der Waals surface area contributed by atoms with Crippen molar-refractivity contribution in [1.82, 2.24) is 30.0 Å². The summed E-state index contributed by atoms with van der Waals surface area (Å²) in [6.45, 7) is 5.33. The van der Waals surface area contributed by atoms with Gasteiger partial charge >= 0.3 is 0 Å². The number of hydrogen-bond donors (Lipinski definition) is 1. The normalized spacial score (nSPS) is 15.0. The first-order chi connectivity index (χ1) is 15.8. The first-order valence-corrected chi connectivity index (χ1v) is 12.1. The monoisotopic (exact) mass is 466 g/mol. The molecule has 33 heavy (non-hydrogen) atoms. The third kappa shape index (κ3) is 4.08. The fourth-order valence-corrected chi connectivity index (χ4v) is 4.57. The first kappa shape index (κ1) is 23.2. The van der Waals surface area contributed by atoms with E-state index in [2.05, 4.69) is 40.2 Å². The molecular weight excluding hydrogens is 436 g/mol. The Hall–Kier alpha value is -2.98. The van der Waals surface area contributed by atoms with E-state index < -0.39 is 0 Å². The van der Waals surface area contributed by atoms with Gasteiger partial charge in [-0.1, -0.05) is 13.0 Å². The fraction of sp³-hybridized carbons (Fsp3) is 0.435. The molecule has 174 valence electrons. The highest BCUT2D eigenvalue weighted by molar-refractivity contribution is 7.99. The Kier molecular flexibility index (Phi) is 6.40. The molecule has 0 bridgehead atoms. The Labute approximate surface area is 198 Å². The number of fused-ring (bicyclic) bond motifs is 1. The molecular formula is C23H30N8OS. The fourth-order valence-electron chi connectivity index (χ4n) is 3.95. The van der Waals surface area contributed by atoms with Gasteiger partial charge in [-0.15, -0.1) is 22.0 Å². The first-order valence-electron chi connectivity index (χ1n) is 10.9. The molecule has 1 atom stereocenters. The molecule has 4 rings (SSSR count). The predicted octanol–water partition coefficient (Wildman–Crippen LogP) is 3.13. The van der Waals surface area contributed by atoms with Crippen LogP contribution in [0.4, 0.5) is 11.6 Å². The summed E-state index contributed by atoms with van der Waals surface area (Å²) in [6, 6.07) is 7.54. The lowest BCUT2D eigenvalue weighted by Crippen LogP contribution is -2.26. The maximum Gasteiger partial charge on any atom is 0.260 e. The molecule has 3 aromatic rings. The predicted molar refractivity (Wildman–Crippen MR) is 133 cm³/mol. The number of hydrogen-bond acceptors (Lipinski definition) is 8. The number of anilines is 2. The van der Waals surface area contributed by atoms with Gasteiger partial charge in [0.15, 0.2) is 5.82 Å². The van der Waals surface area contributed by atoms with Crippen molar-refractivity contribution < 1.29 is 4.79 Å². The maximum atomic E-state index is 13.4. The van der Waals surface area contributed by atoms with E-state index in [0.717, 1.165) is 23.5 Å². The van der Waals surface area contributed by atoms with E-state index in [1.54, 1.807) is 23.0 Å². The molecule has 0 aliphatic carbocycles. The van der Waals surface area contributed by atoms with Gasteiger partial charge in [0.05, 0.1) is 22.7 Å². The summed E-state index contributed by atoms with van der Waals surface area (Å²) in [5, 5.41) is 11.7. The zero-order chi connectivity index (χ0) is 23.8. The summed E-state index contributed by atoms with van der Waals surface area (Å²) < 4.78 is 2.06. The molecule has 0 radical (unpaired) electrons. The van der Waals surface area contributed by atoms with Crippen LogP contribution in [0.25, 0.3) is 11.5 Å². The molecule has 1 amide bonds. The van der Waals surface area contributed by atoms with Gasteiger partial charge in [-0.3, -0.25) is 14.3 Å². The van der Waals surface area contributed by atoms with Crippen molar-refractivity contribution >= 4 is 29.3 Å². The van der Waals surface area contributed by atoms with Crippen molar-refractivity contribution in [1.29, 1.82) is 0 Å². The summed E-state index contributed by atoms with van der Waals surface area (Å²) in [4.78, 5) is 26.4. The number of thioether (sulfide) groups is 1. The minimum atomic E-state index is -0.188. The van der Waals surface area contributed by atoms with Crippen LogP contribution in [0.15, 0.2) is 30.6 Å². The molecule has 0 fully saturated rings. The van der Waals surface area contributed by atoms with Crippen molar-refractivity contribution in [2.75, 3.05) is 37.2 Å². The average molecular weight is 467 g/mol. The van der Waals surface area contributed by atoms with Gasteiger partial charge in [0, 0.05) is 26.2 Å². The third-order valence-electron chi connectivity index (χ3n) is 6.18. The molecule has 0 saturated heterocycles. The van der Waals surface area contributed by atoms with E-state index in [9.17, 15) is 4.79 Å². The lowest BCUT2D eigenvalue weighted by Gasteiger charge is -2.28. The SMILES string of the molecule is CCC(C)(SC)n1cnnc1-c1cccc(N2Cc3c(cc(N(C)C)nc3CNC)C2=O)n1. The van der Waals surface area contributed by atoms with Gasteiger partial charge in [-0.25, -0.2) is 9.97 Å². The average Bonchev–Trinajstić information content (AvgIpc) is 3.45. The quantitative estimate of drug-likeness (QED) is 0.541. The van der Waals surface area contributed by atoms with E-state index >= 15 is 0 Å². The topological polar surface area (TPSA) is 92.1 Å². The van der Waals surface area contributed by atoms with Crippen LogP contribution in [-0.4, -0.2) is 58.0 Å². The number of nitrogens with zero attached hydrogens (tertiary/aromatic N) is 7. The lowest BCUT2D eigenvalue weighted by molar-refractivity contribution is 0.0996. The lowest BCUT2D eigenvalue weighted by atomic mass is 10.1. The van der Waals surface area contributed by atoms with Crippen LogP contribution < -0.4 is 15.1 Å². The Balaban J connectivity index is 1.73. The number of pyridine rings is 2. The highest BCUT2D eigenvalue weighted by atomic mass is 32.2. The van der Waals surface area contributed by atoms with Crippen LogP contribution in [0.2, 0.25) is 0 Å². The van der Waals surface area contributed by atoms with Crippen LogP contribution in [0, 0.1) is 0 Å². The van der Waals surface area contributed by atoms with Crippen LogP contribution in [0.3, 0.4) is 0 Å². The molecule has 1 unspecified atom stereocenters. The van der Waals surface area contributed by atoms with Crippen LogP contribution >= 0.6 is 11.8 Å². The zero-order valence-corrected chi connectivity index (χ0v) is 20.8. The number of rotatable bonds is 8. The maximum absolute atomic E-state index is 13.4. The summed E-state index contributed by atoms with van der Waals surface area (Å²) >= 11 is 1.74. The van der Waals surface area contributed by atoms with Crippen molar-refractivity contribution in [2.24, 2.45) is 0 Å². The third-order valence-corrected chi connectivity index (χ3v) is 7.55. The molecule has 3 aromatic heterocycles. The number of carbonyl (C=O) groups is 1. The molecule has 4 heterocycles. The van der Waals surface area contributed by atoms with E-state index in [1.165, 1.54) is 0 Å². The number of aromatic nitrogens is 5. The smallest absolute Gasteiger partial charge is 0.260 e. The minimum Gasteiger partial charge on any atom is -0.363 e. The number of carbonyl (C=O) groups excluding carboxylic acids is 1. The highest BCUT2D eigenvalue weighted by Crippen LogP contribution is 2.36. The Bertz CT molecular complexity index is 1170. The molecule has 1 aliphatic heterocycles. The summed E-state index contributed by atoms with van der Waals surface area (Å²) in [6.07, 6.45) is 4.74. The largest absolute Gasteiger partial charge is 0.363 e. The molecule has 0 aromatic carbocycles. The molecule has 0 saturated carbocycles. The second-order valence-electron chi connectivity index (χ2n) is 8.41. The van der Waals surface area contributed by atoms with Gasteiger partial charge in [0.25, 0.3) is 5.91 Å². The molecule has 9 nitrogen and oxygen atoms in total. The van der Waals surface area contributed by atoms with E-state index in [0.29, 0.717) is 36.0 Å². The van der Waals surface area contributed by atoms with E-state index in [1.807, 2.05) is 50.3 Å². The van der Waals surface area contributed by atoms with Crippen molar-refractivity contribution in [3.8, 4) is 11.5 Å². The van der Waals surface area contributed by atoms with Crippen molar-refractivity contribution in [3.05, 3.63) is 47.4 Å². The molecule has 0 spiro atoms. The number of nitrogens with one attached hydrogen (secondary N) is 1. The summed E-state index contributed by atoms with van der Waals surface area (Å²) in [5.74, 6) is 1.97. The van der Waals surface area contributed by atoms with Gasteiger partial charge in [0.2, 0.25) is 0 Å². The van der Waals surface area contributed by atoms with Crippen LogP contribution in [0.1, 0.15) is 41.9 Å². The van der Waals surface area contributed by atoms with Crippen molar-refractivity contribution in [3.63, 3.8) is 0 Å². The van der Waals surface area contributed by atoms with Gasteiger partial charge in [-0.2, -0.15) is 0 Å². The standard InChI is InChI=1S/C23H30N8OS/c1-7-23(2,33-6)31-14-25-28-21(31)17-9-8-10-19(26-17)30-13-16-15(22(30)32)11-20(29(4)5)27-18(16)12-24-3/h8-11,14,24H,7,12-13H2,1-6H3. The van der Waals surface area contributed by atoms with E-state index in [4.69, 9.17) is 9.97 Å². The molecule has 1 aliphatic rings. The Morgan fingerprint density at radius 2 is 2.06 bits per heavy atom. The van der Waals surface area contributed by atoms with Gasteiger partial charge < -0.3 is 10.2 Å². The summed E-state index contributed by atoms with van der Waals surface area (Å²) in [7, 11) is 5.73. The van der Waals surface area contributed by atoms with Crippen LogP contribution in [-0.2, 0) is 18.0 Å². The number of amides is 1. The minimum absolute atomic E-state index is 0.0681. The zero-order valence-electron chi connectivity index (χ0n) is 20.0. The molecule has 1 N–H and O–H groups in total. The summed E-state index contributed by atoms with van der Waals surface area (Å²) in [5.41, 5.74) is 3.18.